The van der Waals surface area contributed by atoms with Gasteiger partial charge in [-0.1, -0.05) is 50.7 Å². The van der Waals surface area contributed by atoms with Gasteiger partial charge in [0.05, 0.1) is 6.61 Å². The second kappa shape index (κ2) is 13.3. The van der Waals surface area contributed by atoms with Crippen LogP contribution in [0.3, 0.4) is 0 Å². The van der Waals surface area contributed by atoms with Crippen LogP contribution < -0.4 is 0 Å². The zero-order valence-corrected chi connectivity index (χ0v) is 14.9. The molecule has 0 saturated heterocycles. The molecular weight excluding hydrogens is 288 g/mol. The molecule has 1 aliphatic carbocycles. The number of rotatable bonds is 2. The van der Waals surface area contributed by atoms with Gasteiger partial charge in [0, 0.05) is 6.42 Å². The Morgan fingerprint density at radius 2 is 1.52 bits per heavy atom. The first-order valence-electron chi connectivity index (χ1n) is 9.60. The molecule has 1 unspecified atom stereocenters. The normalized spacial score (nSPS) is 24.6. The van der Waals surface area contributed by atoms with Crippen molar-refractivity contribution in [1.82, 2.24) is 0 Å². The average Bonchev–Trinajstić information content (AvgIpc) is 2.54. The highest BCUT2D eigenvalue weighted by Crippen LogP contribution is 2.18. The molecule has 3 heteroatoms. The van der Waals surface area contributed by atoms with E-state index in [0.717, 1.165) is 32.1 Å². The third kappa shape index (κ3) is 9.58. The van der Waals surface area contributed by atoms with E-state index in [4.69, 9.17) is 4.74 Å². The quantitative estimate of drug-likeness (QED) is 0.389. The molecule has 0 spiro atoms. The van der Waals surface area contributed by atoms with E-state index < -0.39 is 5.92 Å². The molecule has 23 heavy (non-hydrogen) atoms. The number of hydrogen-bond acceptors (Lipinski definition) is 3. The summed E-state index contributed by atoms with van der Waals surface area (Å²) in [7, 11) is 0. The Morgan fingerprint density at radius 1 is 0.957 bits per heavy atom. The molecule has 0 aliphatic heterocycles. The number of ether oxygens (including phenoxy) is 1. The summed E-state index contributed by atoms with van der Waals surface area (Å²) in [6.07, 6.45) is 18.2. The zero-order valence-electron chi connectivity index (χ0n) is 14.9. The van der Waals surface area contributed by atoms with Crippen molar-refractivity contribution in [2.75, 3.05) is 6.61 Å². The van der Waals surface area contributed by atoms with Crippen LogP contribution >= 0.6 is 0 Å². The van der Waals surface area contributed by atoms with Gasteiger partial charge in [0.25, 0.3) is 0 Å². The molecule has 0 bridgehead atoms. The van der Waals surface area contributed by atoms with E-state index in [0.29, 0.717) is 19.4 Å². The summed E-state index contributed by atoms with van der Waals surface area (Å²) in [5, 5.41) is 0. The Hall–Kier alpha value is -1.12. The lowest BCUT2D eigenvalue weighted by Crippen LogP contribution is -2.26. The third-order valence-corrected chi connectivity index (χ3v) is 4.53. The minimum atomic E-state index is -0.523. The second-order valence-electron chi connectivity index (χ2n) is 6.54. The first-order chi connectivity index (χ1) is 11.3. The van der Waals surface area contributed by atoms with Crippen molar-refractivity contribution < 1.29 is 14.3 Å². The van der Waals surface area contributed by atoms with Crippen LogP contribution in [-0.2, 0) is 14.3 Å². The molecular formula is C20H34O3. The molecule has 0 heterocycles. The van der Waals surface area contributed by atoms with Crippen LogP contribution in [0, 0.1) is 5.92 Å². The topological polar surface area (TPSA) is 43.4 Å². The van der Waals surface area contributed by atoms with Crippen LogP contribution in [0.4, 0.5) is 0 Å². The lowest BCUT2D eigenvalue weighted by Gasteiger charge is -2.14. The van der Waals surface area contributed by atoms with Gasteiger partial charge in [-0.3, -0.25) is 9.59 Å². The van der Waals surface area contributed by atoms with Crippen LogP contribution in [0.5, 0.6) is 0 Å². The van der Waals surface area contributed by atoms with Gasteiger partial charge in [0.1, 0.15) is 11.7 Å². The summed E-state index contributed by atoms with van der Waals surface area (Å²) in [5.74, 6) is -0.738. The third-order valence-electron chi connectivity index (χ3n) is 4.53. The fourth-order valence-electron chi connectivity index (χ4n) is 3.12. The molecule has 3 nitrogen and oxygen atoms in total. The van der Waals surface area contributed by atoms with Crippen molar-refractivity contribution >= 4 is 11.8 Å². The van der Waals surface area contributed by atoms with E-state index >= 15 is 0 Å². The molecule has 1 rings (SSSR count). The Bertz CT molecular complexity index is 360. The van der Waals surface area contributed by atoms with Gasteiger partial charge in [-0.05, 0) is 45.4 Å². The Kier molecular flexibility index (Phi) is 11.5. The Morgan fingerprint density at radius 3 is 2.17 bits per heavy atom. The molecule has 0 aromatic heterocycles. The predicted octanol–water partition coefficient (Wildman–Crippen LogP) is 5.38. The van der Waals surface area contributed by atoms with Crippen LogP contribution in [0.1, 0.15) is 90.4 Å². The van der Waals surface area contributed by atoms with Crippen molar-refractivity contribution in [2.45, 2.75) is 90.4 Å². The number of ketones is 1. The minimum absolute atomic E-state index is 0.0921. The summed E-state index contributed by atoms with van der Waals surface area (Å²) in [5.41, 5.74) is 0. The summed E-state index contributed by atoms with van der Waals surface area (Å²) in [6.45, 7) is 2.16. The van der Waals surface area contributed by atoms with Gasteiger partial charge in [-0.15, -0.1) is 0 Å². The molecule has 0 fully saturated rings. The van der Waals surface area contributed by atoms with E-state index in [1.54, 1.807) is 6.92 Å². The van der Waals surface area contributed by atoms with E-state index in [9.17, 15) is 9.59 Å². The van der Waals surface area contributed by atoms with Crippen LogP contribution in [0.15, 0.2) is 12.2 Å². The molecule has 0 saturated carbocycles. The lowest BCUT2D eigenvalue weighted by molar-refractivity contribution is -0.152. The molecule has 1 atom stereocenters. The molecule has 0 N–H and O–H groups in total. The number of allylic oxidation sites excluding steroid dienone is 2. The van der Waals surface area contributed by atoms with Crippen LogP contribution in [0.25, 0.3) is 0 Å². The van der Waals surface area contributed by atoms with E-state index in [1.165, 1.54) is 38.5 Å². The predicted molar refractivity (Wildman–Crippen MR) is 94.3 cm³/mol. The highest BCUT2D eigenvalue weighted by Gasteiger charge is 2.26. The highest BCUT2D eigenvalue weighted by molar-refractivity contribution is 5.98. The summed E-state index contributed by atoms with van der Waals surface area (Å²) in [6, 6.07) is 0. The second-order valence-corrected chi connectivity index (χ2v) is 6.54. The van der Waals surface area contributed by atoms with Crippen molar-refractivity contribution in [2.24, 2.45) is 5.92 Å². The Balaban J connectivity index is 2.50. The number of hydrogen-bond donors (Lipinski definition) is 0. The monoisotopic (exact) mass is 322 g/mol. The SMILES string of the molecule is CCOC(=O)C1CCCCCC/C=C\CCCCCCCC1=O. The number of carbonyl (C=O) groups excluding carboxylic acids is 2. The van der Waals surface area contributed by atoms with Gasteiger partial charge in [-0.25, -0.2) is 0 Å². The van der Waals surface area contributed by atoms with E-state index in [2.05, 4.69) is 12.2 Å². The van der Waals surface area contributed by atoms with Crippen LogP contribution in [0.2, 0.25) is 0 Å². The largest absolute Gasteiger partial charge is 0.465 e. The van der Waals surface area contributed by atoms with Gasteiger partial charge in [0.2, 0.25) is 0 Å². The first kappa shape index (κ1) is 19.9. The van der Waals surface area contributed by atoms with Gasteiger partial charge in [-0.2, -0.15) is 0 Å². The fourth-order valence-corrected chi connectivity index (χ4v) is 3.12. The first-order valence-corrected chi connectivity index (χ1v) is 9.60. The molecule has 1 aliphatic rings. The van der Waals surface area contributed by atoms with Crippen molar-refractivity contribution in [1.29, 1.82) is 0 Å². The fraction of sp³-hybridized carbons (Fsp3) is 0.800. The summed E-state index contributed by atoms with van der Waals surface area (Å²) in [4.78, 5) is 24.4. The molecule has 0 amide bonds. The van der Waals surface area contributed by atoms with Crippen molar-refractivity contribution in [3.05, 3.63) is 12.2 Å². The Labute approximate surface area is 141 Å². The smallest absolute Gasteiger partial charge is 0.316 e. The maximum atomic E-state index is 12.4. The lowest BCUT2D eigenvalue weighted by atomic mass is 9.93. The van der Waals surface area contributed by atoms with E-state index in [-0.39, 0.29) is 11.8 Å². The maximum absolute atomic E-state index is 12.4. The maximum Gasteiger partial charge on any atom is 0.316 e. The number of Topliss-reactive ketones (excluding diaryl/α,β-unsaturated/α-hetero) is 1. The van der Waals surface area contributed by atoms with Crippen molar-refractivity contribution in [3.63, 3.8) is 0 Å². The molecule has 132 valence electrons. The number of carbonyl (C=O) groups is 2. The highest BCUT2D eigenvalue weighted by atomic mass is 16.5. The molecule has 0 aromatic rings. The molecule has 0 aromatic carbocycles. The average molecular weight is 322 g/mol. The summed E-state index contributed by atoms with van der Waals surface area (Å²) < 4.78 is 5.10. The van der Waals surface area contributed by atoms with Crippen LogP contribution in [-0.4, -0.2) is 18.4 Å². The standard InChI is InChI=1S/C20H34O3/c1-2-23-20(22)18-16-14-12-10-8-6-4-3-5-7-9-11-13-15-17-19(18)21/h3-4,18H,2,5-17H2,1H3/b4-3-. The summed E-state index contributed by atoms with van der Waals surface area (Å²) >= 11 is 0. The minimum Gasteiger partial charge on any atom is -0.465 e. The van der Waals surface area contributed by atoms with Crippen molar-refractivity contribution in [3.8, 4) is 0 Å². The van der Waals surface area contributed by atoms with Gasteiger partial charge < -0.3 is 4.74 Å². The van der Waals surface area contributed by atoms with Gasteiger partial charge in [0.15, 0.2) is 0 Å². The van der Waals surface area contributed by atoms with Gasteiger partial charge >= 0.3 is 5.97 Å². The molecule has 0 radical (unpaired) electrons. The van der Waals surface area contributed by atoms with E-state index in [1.807, 2.05) is 0 Å². The number of esters is 1. The zero-order chi connectivity index (χ0) is 16.8.